The van der Waals surface area contributed by atoms with Gasteiger partial charge in [-0.15, -0.1) is 0 Å². The number of carbonyl (C=O) groups is 1. The van der Waals surface area contributed by atoms with Crippen molar-refractivity contribution in [1.82, 2.24) is 9.78 Å². The van der Waals surface area contributed by atoms with Gasteiger partial charge in [0, 0.05) is 17.1 Å². The molecule has 4 nitrogen and oxygen atoms in total. The third-order valence-electron chi connectivity index (χ3n) is 3.04. The van der Waals surface area contributed by atoms with E-state index in [9.17, 15) is 4.79 Å². The van der Waals surface area contributed by atoms with E-state index in [1.807, 2.05) is 26.0 Å². The summed E-state index contributed by atoms with van der Waals surface area (Å²) in [6.45, 7) is 3.93. The zero-order valence-electron chi connectivity index (χ0n) is 11.3. The first-order chi connectivity index (χ1) is 8.95. The Morgan fingerprint density at radius 1 is 1.32 bits per heavy atom. The fourth-order valence-corrected chi connectivity index (χ4v) is 2.27. The smallest absolute Gasteiger partial charge is 0.214 e. The van der Waals surface area contributed by atoms with Crippen LogP contribution in [0.25, 0.3) is 0 Å². The number of methoxy groups -OCH3 is 1. The van der Waals surface area contributed by atoms with Crippen LogP contribution in [0.4, 0.5) is 0 Å². The molecule has 2 rings (SSSR count). The lowest BCUT2D eigenvalue weighted by Crippen LogP contribution is -2.10. The summed E-state index contributed by atoms with van der Waals surface area (Å²) < 4.78 is 7.74. The highest BCUT2D eigenvalue weighted by Crippen LogP contribution is 2.26. The molecule has 1 aromatic carbocycles. The summed E-state index contributed by atoms with van der Waals surface area (Å²) in [6.07, 6.45) is 1.55. The third-order valence-corrected chi connectivity index (χ3v) is 4.29. The molecule has 1 heterocycles. The van der Waals surface area contributed by atoms with Crippen molar-refractivity contribution in [2.75, 3.05) is 7.11 Å². The molecule has 0 aliphatic heterocycles. The van der Waals surface area contributed by atoms with E-state index in [4.69, 9.17) is 4.74 Å². The van der Waals surface area contributed by atoms with Crippen LogP contribution in [0.15, 0.2) is 22.8 Å². The van der Waals surface area contributed by atoms with Crippen molar-refractivity contribution in [3.8, 4) is 5.75 Å². The summed E-state index contributed by atoms with van der Waals surface area (Å²) in [6, 6.07) is 3.73. The fraction of sp³-hybridized carbons (Fsp3) is 0.286. The van der Waals surface area contributed by atoms with Gasteiger partial charge in [-0.25, -0.2) is 0 Å². The molecule has 5 heteroatoms. The van der Waals surface area contributed by atoms with Crippen LogP contribution in [0.2, 0.25) is 0 Å². The van der Waals surface area contributed by atoms with Crippen molar-refractivity contribution in [2.45, 2.75) is 13.8 Å². The zero-order chi connectivity index (χ0) is 14.2. The van der Waals surface area contributed by atoms with Gasteiger partial charge in [0.15, 0.2) is 11.4 Å². The quantitative estimate of drug-likeness (QED) is 0.816. The second-order valence-electron chi connectivity index (χ2n) is 4.44. The number of halogens is 1. The Hall–Kier alpha value is -1.62. The topological polar surface area (TPSA) is 44.1 Å². The van der Waals surface area contributed by atoms with E-state index in [1.54, 1.807) is 13.2 Å². The van der Waals surface area contributed by atoms with Gasteiger partial charge in [0.2, 0.25) is 5.78 Å². The molecule has 0 saturated carbocycles. The second-order valence-corrected chi connectivity index (χ2v) is 5.23. The summed E-state index contributed by atoms with van der Waals surface area (Å²) in [5.74, 6) is 0.404. The van der Waals surface area contributed by atoms with E-state index in [0.717, 1.165) is 15.6 Å². The summed E-state index contributed by atoms with van der Waals surface area (Å²) in [5, 5.41) is 4.06. The highest BCUT2D eigenvalue weighted by Gasteiger charge is 2.20. The lowest BCUT2D eigenvalue weighted by atomic mass is 10.0. The summed E-state index contributed by atoms with van der Waals surface area (Å²) in [4.78, 5) is 12.6. The summed E-state index contributed by atoms with van der Waals surface area (Å²) >= 11 is 3.50. The fourth-order valence-electron chi connectivity index (χ4n) is 2.04. The molecule has 0 N–H and O–H groups in total. The predicted octanol–water partition coefficient (Wildman–Crippen LogP) is 3.04. The minimum atomic E-state index is -0.0875. The van der Waals surface area contributed by atoms with Gasteiger partial charge in [-0.05, 0) is 37.1 Å². The second kappa shape index (κ2) is 5.17. The monoisotopic (exact) mass is 322 g/mol. The Balaban J connectivity index is 2.53. The molecule has 0 aliphatic rings. The lowest BCUT2D eigenvalue weighted by Gasteiger charge is -2.08. The Morgan fingerprint density at radius 2 is 1.89 bits per heavy atom. The van der Waals surface area contributed by atoms with E-state index in [2.05, 4.69) is 21.0 Å². The molecule has 0 atom stereocenters. The van der Waals surface area contributed by atoms with Crippen molar-refractivity contribution in [3.05, 3.63) is 45.2 Å². The maximum atomic E-state index is 12.6. The molecule has 2 aromatic rings. The first kappa shape index (κ1) is 13.8. The van der Waals surface area contributed by atoms with Gasteiger partial charge in [-0.2, -0.15) is 5.10 Å². The van der Waals surface area contributed by atoms with E-state index < -0.39 is 0 Å². The van der Waals surface area contributed by atoms with Crippen LogP contribution in [0, 0.1) is 13.8 Å². The van der Waals surface area contributed by atoms with Gasteiger partial charge in [0.25, 0.3) is 0 Å². The van der Waals surface area contributed by atoms with Crippen molar-refractivity contribution >= 4 is 21.7 Å². The summed E-state index contributed by atoms with van der Waals surface area (Å²) in [5.41, 5.74) is 3.16. The van der Waals surface area contributed by atoms with Crippen LogP contribution in [0.1, 0.15) is 27.2 Å². The van der Waals surface area contributed by atoms with Crippen LogP contribution < -0.4 is 4.74 Å². The average Bonchev–Trinajstić information content (AvgIpc) is 2.75. The molecular weight excluding hydrogens is 308 g/mol. The lowest BCUT2D eigenvalue weighted by molar-refractivity contribution is 0.102. The van der Waals surface area contributed by atoms with Gasteiger partial charge in [0.05, 0.1) is 13.3 Å². The molecule has 0 unspecified atom stereocenters. The molecule has 0 amide bonds. The number of hydrogen-bond donors (Lipinski definition) is 0. The Morgan fingerprint density at radius 3 is 2.42 bits per heavy atom. The number of ketones is 1. The number of aromatic nitrogens is 2. The van der Waals surface area contributed by atoms with Crippen molar-refractivity contribution in [1.29, 1.82) is 0 Å². The molecule has 100 valence electrons. The minimum Gasteiger partial charge on any atom is -0.493 e. The Labute approximate surface area is 120 Å². The van der Waals surface area contributed by atoms with Crippen molar-refractivity contribution < 1.29 is 9.53 Å². The predicted molar refractivity (Wildman–Crippen MR) is 76.8 cm³/mol. The highest BCUT2D eigenvalue weighted by atomic mass is 79.9. The van der Waals surface area contributed by atoms with Crippen molar-refractivity contribution in [3.63, 3.8) is 0 Å². The van der Waals surface area contributed by atoms with E-state index in [1.165, 1.54) is 11.8 Å². The molecule has 0 bridgehead atoms. The number of rotatable bonds is 3. The molecule has 19 heavy (non-hydrogen) atoms. The molecule has 0 saturated heterocycles. The number of aryl methyl sites for hydroxylation is 3. The van der Waals surface area contributed by atoms with Gasteiger partial charge in [0.1, 0.15) is 0 Å². The molecule has 1 aromatic heterocycles. The third kappa shape index (κ3) is 2.42. The van der Waals surface area contributed by atoms with Crippen LogP contribution >= 0.6 is 15.9 Å². The molecule has 0 spiro atoms. The largest absolute Gasteiger partial charge is 0.493 e. The van der Waals surface area contributed by atoms with E-state index in [-0.39, 0.29) is 5.78 Å². The minimum absolute atomic E-state index is 0.0875. The van der Waals surface area contributed by atoms with Gasteiger partial charge in [-0.1, -0.05) is 15.9 Å². The first-order valence-corrected chi connectivity index (χ1v) is 6.62. The number of hydrogen-bond acceptors (Lipinski definition) is 3. The Bertz CT molecular complexity index is 624. The molecule has 0 fully saturated rings. The van der Waals surface area contributed by atoms with Crippen LogP contribution in [0.3, 0.4) is 0 Å². The summed E-state index contributed by atoms with van der Waals surface area (Å²) in [7, 11) is 3.26. The first-order valence-electron chi connectivity index (χ1n) is 5.83. The van der Waals surface area contributed by atoms with Crippen molar-refractivity contribution in [2.24, 2.45) is 7.05 Å². The van der Waals surface area contributed by atoms with Crippen LogP contribution in [-0.4, -0.2) is 22.7 Å². The van der Waals surface area contributed by atoms with Gasteiger partial charge in [-0.3, -0.25) is 9.48 Å². The number of ether oxygens (including phenoxy) is 1. The SMILES string of the molecule is COc1cnn(C)c1C(=O)c1cc(C)c(Br)c(C)c1. The van der Waals surface area contributed by atoms with Gasteiger partial charge < -0.3 is 4.74 Å². The number of nitrogens with zero attached hydrogens (tertiary/aromatic N) is 2. The number of carbonyl (C=O) groups excluding carboxylic acids is 1. The van der Waals surface area contributed by atoms with Gasteiger partial charge >= 0.3 is 0 Å². The highest BCUT2D eigenvalue weighted by molar-refractivity contribution is 9.10. The van der Waals surface area contributed by atoms with E-state index >= 15 is 0 Å². The average molecular weight is 323 g/mol. The Kier molecular flexibility index (Phi) is 3.75. The number of benzene rings is 1. The van der Waals surface area contributed by atoms with Crippen LogP contribution in [0.5, 0.6) is 5.75 Å². The molecule has 0 aliphatic carbocycles. The van der Waals surface area contributed by atoms with E-state index in [0.29, 0.717) is 17.0 Å². The maximum Gasteiger partial charge on any atom is 0.214 e. The normalized spacial score (nSPS) is 10.6. The zero-order valence-corrected chi connectivity index (χ0v) is 12.9. The molecule has 0 radical (unpaired) electrons. The molecular formula is C14H15BrN2O2. The maximum absolute atomic E-state index is 12.6. The standard InChI is InChI=1S/C14H15BrN2O2/c1-8-5-10(6-9(2)12(8)15)14(18)13-11(19-4)7-16-17(13)3/h5-7H,1-4H3. The van der Waals surface area contributed by atoms with Crippen LogP contribution in [-0.2, 0) is 7.05 Å².